The summed E-state index contributed by atoms with van der Waals surface area (Å²) in [5, 5.41) is 20.3. The van der Waals surface area contributed by atoms with Crippen molar-refractivity contribution in [1.29, 1.82) is 0 Å². The molecule has 0 fully saturated rings. The van der Waals surface area contributed by atoms with Crippen molar-refractivity contribution in [1.82, 2.24) is 0 Å². The van der Waals surface area contributed by atoms with Crippen molar-refractivity contribution in [2.24, 2.45) is 0 Å². The van der Waals surface area contributed by atoms with Crippen LogP contribution in [0.5, 0.6) is 0 Å². The number of hydrogen-bond acceptors (Lipinski definition) is 6. The Bertz CT molecular complexity index is 533. The second-order valence-electron chi connectivity index (χ2n) is 3.52. The summed E-state index contributed by atoms with van der Waals surface area (Å²) >= 11 is 5.71. The quantitative estimate of drug-likeness (QED) is 0.353. The van der Waals surface area contributed by atoms with Crippen molar-refractivity contribution in [3.05, 3.63) is 44.0 Å². The SMILES string of the molecule is COC(=O)C(Cl)Cc1ccc([N+](=O)[O-])cc1[N+](=O)[O-]. The van der Waals surface area contributed by atoms with Crippen LogP contribution in [0.15, 0.2) is 18.2 Å². The van der Waals surface area contributed by atoms with Crippen molar-refractivity contribution >= 4 is 28.9 Å². The normalized spacial score (nSPS) is 11.7. The van der Waals surface area contributed by atoms with Crippen molar-refractivity contribution < 1.29 is 19.4 Å². The van der Waals surface area contributed by atoms with E-state index in [0.717, 1.165) is 19.2 Å². The van der Waals surface area contributed by atoms with Gasteiger partial charge in [-0.25, -0.2) is 0 Å². The number of nitro groups is 2. The number of nitrogens with zero attached hydrogens (tertiary/aromatic N) is 2. The van der Waals surface area contributed by atoms with Gasteiger partial charge in [0.15, 0.2) is 0 Å². The summed E-state index contributed by atoms with van der Waals surface area (Å²) < 4.78 is 4.40. The van der Waals surface area contributed by atoms with Gasteiger partial charge in [0.25, 0.3) is 11.4 Å². The lowest BCUT2D eigenvalue weighted by Gasteiger charge is -2.07. The number of carbonyl (C=O) groups is 1. The van der Waals surface area contributed by atoms with Crippen LogP contribution in [-0.2, 0) is 16.0 Å². The van der Waals surface area contributed by atoms with Gasteiger partial charge in [-0.05, 0) is 6.07 Å². The highest BCUT2D eigenvalue weighted by atomic mass is 35.5. The maximum absolute atomic E-state index is 11.1. The molecule has 0 aliphatic rings. The number of halogens is 1. The van der Waals surface area contributed by atoms with Gasteiger partial charge in [0.05, 0.1) is 23.0 Å². The van der Waals surface area contributed by atoms with Crippen molar-refractivity contribution in [3.8, 4) is 0 Å². The summed E-state index contributed by atoms with van der Waals surface area (Å²) in [6.45, 7) is 0. The van der Waals surface area contributed by atoms with Crippen molar-refractivity contribution in [2.45, 2.75) is 11.8 Å². The second-order valence-corrected chi connectivity index (χ2v) is 4.05. The number of hydrogen-bond donors (Lipinski definition) is 0. The Morgan fingerprint density at radius 2 is 2.00 bits per heavy atom. The smallest absolute Gasteiger partial charge is 0.324 e. The van der Waals surface area contributed by atoms with Crippen LogP contribution in [0, 0.1) is 20.2 Å². The van der Waals surface area contributed by atoms with Crippen LogP contribution in [0.4, 0.5) is 11.4 Å². The van der Waals surface area contributed by atoms with E-state index in [-0.39, 0.29) is 12.0 Å². The van der Waals surface area contributed by atoms with E-state index in [1.54, 1.807) is 0 Å². The molecule has 1 rings (SSSR count). The Morgan fingerprint density at radius 1 is 1.37 bits per heavy atom. The fraction of sp³-hybridized carbons (Fsp3) is 0.300. The van der Waals surface area contributed by atoms with Crippen LogP contribution in [-0.4, -0.2) is 28.3 Å². The molecular weight excluding hydrogens is 280 g/mol. The number of esters is 1. The van der Waals surface area contributed by atoms with Gasteiger partial charge in [-0.2, -0.15) is 0 Å². The highest BCUT2D eigenvalue weighted by molar-refractivity contribution is 6.30. The second kappa shape index (κ2) is 6.10. The highest BCUT2D eigenvalue weighted by Gasteiger charge is 2.24. The number of ether oxygens (including phenoxy) is 1. The number of methoxy groups -OCH3 is 1. The van der Waals surface area contributed by atoms with Gasteiger partial charge in [-0.1, -0.05) is 0 Å². The first-order valence-corrected chi connectivity index (χ1v) is 5.44. The number of carbonyl (C=O) groups excluding carboxylic acids is 1. The van der Waals surface area contributed by atoms with Gasteiger partial charge in [0, 0.05) is 18.1 Å². The molecule has 0 amide bonds. The molecule has 0 heterocycles. The first-order valence-electron chi connectivity index (χ1n) is 5.00. The van der Waals surface area contributed by atoms with E-state index < -0.39 is 32.6 Å². The molecule has 0 N–H and O–H groups in total. The standard InChI is InChI=1S/C10H9ClN2O6/c1-19-10(14)8(11)4-6-2-3-7(12(15)16)5-9(6)13(17)18/h2-3,5,8H,4H2,1H3. The van der Waals surface area contributed by atoms with Gasteiger partial charge in [-0.15, -0.1) is 11.6 Å². The van der Waals surface area contributed by atoms with Crippen molar-refractivity contribution in [3.63, 3.8) is 0 Å². The molecule has 0 radical (unpaired) electrons. The lowest BCUT2D eigenvalue weighted by Crippen LogP contribution is -2.19. The summed E-state index contributed by atoms with van der Waals surface area (Å²) in [7, 11) is 1.14. The van der Waals surface area contributed by atoms with Gasteiger partial charge in [-0.3, -0.25) is 25.0 Å². The maximum Gasteiger partial charge on any atom is 0.324 e. The lowest BCUT2D eigenvalue weighted by atomic mass is 10.1. The molecule has 0 bridgehead atoms. The summed E-state index contributed by atoms with van der Waals surface area (Å²) in [4.78, 5) is 31.0. The zero-order valence-electron chi connectivity index (χ0n) is 9.74. The van der Waals surface area contributed by atoms with Crippen LogP contribution in [0.1, 0.15) is 5.56 Å². The Hall–Kier alpha value is -2.22. The van der Waals surface area contributed by atoms with E-state index in [1.807, 2.05) is 0 Å². The Kier molecular flexibility index (Phi) is 4.76. The van der Waals surface area contributed by atoms with E-state index in [0.29, 0.717) is 0 Å². The monoisotopic (exact) mass is 288 g/mol. The first-order chi connectivity index (χ1) is 8.86. The predicted octanol–water partition coefficient (Wildman–Crippen LogP) is 1.83. The Morgan fingerprint density at radius 3 is 2.47 bits per heavy atom. The van der Waals surface area contributed by atoms with E-state index >= 15 is 0 Å². The fourth-order valence-corrected chi connectivity index (χ4v) is 1.67. The molecule has 0 aliphatic carbocycles. The fourth-order valence-electron chi connectivity index (χ4n) is 1.41. The van der Waals surface area contributed by atoms with Crippen LogP contribution in [0.3, 0.4) is 0 Å². The van der Waals surface area contributed by atoms with Gasteiger partial charge in [0.2, 0.25) is 0 Å². The minimum absolute atomic E-state index is 0.126. The zero-order valence-corrected chi connectivity index (χ0v) is 10.5. The van der Waals surface area contributed by atoms with Crippen LogP contribution < -0.4 is 0 Å². The van der Waals surface area contributed by atoms with E-state index in [9.17, 15) is 25.0 Å². The number of alkyl halides is 1. The molecule has 102 valence electrons. The number of nitro benzene ring substituents is 2. The minimum Gasteiger partial charge on any atom is -0.468 e. The molecular formula is C10H9ClN2O6. The predicted molar refractivity (Wildman–Crippen MR) is 65.1 cm³/mol. The van der Waals surface area contributed by atoms with Gasteiger partial charge < -0.3 is 4.74 Å². The summed E-state index contributed by atoms with van der Waals surface area (Å²) in [6.07, 6.45) is -0.150. The van der Waals surface area contributed by atoms with Crippen LogP contribution in [0.25, 0.3) is 0 Å². The molecule has 19 heavy (non-hydrogen) atoms. The average Bonchev–Trinajstić information content (AvgIpc) is 2.37. The largest absolute Gasteiger partial charge is 0.468 e. The molecule has 0 aromatic heterocycles. The number of benzene rings is 1. The van der Waals surface area contributed by atoms with E-state index in [4.69, 9.17) is 11.6 Å². The number of rotatable bonds is 5. The molecule has 9 heteroatoms. The Balaban J connectivity index is 3.10. The molecule has 0 spiro atoms. The molecule has 1 atom stereocenters. The molecule has 0 saturated heterocycles. The molecule has 1 aromatic carbocycles. The molecule has 0 aliphatic heterocycles. The minimum atomic E-state index is -1.09. The topological polar surface area (TPSA) is 113 Å². The van der Waals surface area contributed by atoms with E-state index in [1.165, 1.54) is 6.07 Å². The Labute approximate surface area is 112 Å². The molecule has 8 nitrogen and oxygen atoms in total. The third kappa shape index (κ3) is 3.62. The van der Waals surface area contributed by atoms with E-state index in [2.05, 4.69) is 4.74 Å². The average molecular weight is 289 g/mol. The molecule has 1 aromatic rings. The third-order valence-electron chi connectivity index (χ3n) is 2.33. The third-order valence-corrected chi connectivity index (χ3v) is 2.66. The first kappa shape index (κ1) is 14.8. The zero-order chi connectivity index (χ0) is 14.6. The molecule has 0 saturated carbocycles. The number of non-ortho nitro benzene ring substituents is 1. The lowest BCUT2D eigenvalue weighted by molar-refractivity contribution is -0.394. The highest BCUT2D eigenvalue weighted by Crippen LogP contribution is 2.26. The van der Waals surface area contributed by atoms with Gasteiger partial charge in [0.1, 0.15) is 5.38 Å². The summed E-state index contributed by atoms with van der Waals surface area (Å²) in [5.41, 5.74) is -0.732. The summed E-state index contributed by atoms with van der Waals surface area (Å²) in [5.74, 6) is -0.727. The summed E-state index contributed by atoms with van der Waals surface area (Å²) in [6, 6.07) is 3.15. The van der Waals surface area contributed by atoms with Gasteiger partial charge >= 0.3 is 5.97 Å². The van der Waals surface area contributed by atoms with Crippen LogP contribution >= 0.6 is 11.6 Å². The van der Waals surface area contributed by atoms with Crippen molar-refractivity contribution in [2.75, 3.05) is 7.11 Å². The molecule has 1 unspecified atom stereocenters. The van der Waals surface area contributed by atoms with Crippen LogP contribution in [0.2, 0.25) is 0 Å². The maximum atomic E-state index is 11.1.